The SMILES string of the molecule is COc1cc(C(=O)N2CCC[C@]3(CCC[C@H]3O)C2)nc2ccccc12. The molecule has 5 heteroatoms. The van der Waals surface area contributed by atoms with E-state index in [-0.39, 0.29) is 17.4 Å². The van der Waals surface area contributed by atoms with E-state index >= 15 is 0 Å². The zero-order valence-electron chi connectivity index (χ0n) is 14.6. The summed E-state index contributed by atoms with van der Waals surface area (Å²) >= 11 is 0. The Hall–Kier alpha value is -2.14. The Kier molecular flexibility index (Phi) is 4.12. The first kappa shape index (κ1) is 16.3. The molecule has 1 amide bonds. The van der Waals surface area contributed by atoms with Crippen LogP contribution in [-0.4, -0.2) is 47.2 Å². The summed E-state index contributed by atoms with van der Waals surface area (Å²) in [5.74, 6) is 0.601. The third-order valence-corrected chi connectivity index (χ3v) is 5.87. The van der Waals surface area contributed by atoms with Crippen LogP contribution in [0.15, 0.2) is 30.3 Å². The smallest absolute Gasteiger partial charge is 0.272 e. The molecule has 2 aromatic rings. The van der Waals surface area contributed by atoms with Gasteiger partial charge in [-0.2, -0.15) is 0 Å². The second-order valence-electron chi connectivity index (χ2n) is 7.33. The second-order valence-corrected chi connectivity index (χ2v) is 7.33. The average Bonchev–Trinajstić information content (AvgIpc) is 2.99. The van der Waals surface area contributed by atoms with Crippen molar-refractivity contribution >= 4 is 16.8 Å². The molecule has 5 nitrogen and oxygen atoms in total. The van der Waals surface area contributed by atoms with Gasteiger partial charge in [0.1, 0.15) is 11.4 Å². The van der Waals surface area contributed by atoms with Crippen molar-refractivity contribution in [3.05, 3.63) is 36.0 Å². The Labute approximate surface area is 147 Å². The molecule has 1 saturated carbocycles. The van der Waals surface area contributed by atoms with Crippen molar-refractivity contribution in [3.8, 4) is 5.75 Å². The molecule has 25 heavy (non-hydrogen) atoms. The molecule has 2 fully saturated rings. The maximum Gasteiger partial charge on any atom is 0.272 e. The van der Waals surface area contributed by atoms with E-state index in [1.165, 1.54) is 0 Å². The Bertz CT molecular complexity index is 807. The number of aliphatic hydroxyl groups is 1. The summed E-state index contributed by atoms with van der Waals surface area (Å²) in [6.45, 7) is 1.36. The largest absolute Gasteiger partial charge is 0.496 e. The number of aliphatic hydroxyl groups excluding tert-OH is 1. The minimum absolute atomic E-state index is 0.0674. The summed E-state index contributed by atoms with van der Waals surface area (Å²) < 4.78 is 5.47. The number of amides is 1. The minimum Gasteiger partial charge on any atom is -0.496 e. The molecule has 4 rings (SSSR count). The van der Waals surface area contributed by atoms with Gasteiger partial charge in [-0.15, -0.1) is 0 Å². The van der Waals surface area contributed by atoms with E-state index in [2.05, 4.69) is 4.98 Å². The lowest BCUT2D eigenvalue weighted by atomic mass is 9.76. The normalized spacial score (nSPS) is 26.3. The van der Waals surface area contributed by atoms with Crippen LogP contribution in [0.25, 0.3) is 10.9 Å². The molecule has 2 heterocycles. The van der Waals surface area contributed by atoms with Gasteiger partial charge in [-0.1, -0.05) is 18.6 Å². The average molecular weight is 340 g/mol. The van der Waals surface area contributed by atoms with Crippen molar-refractivity contribution in [2.75, 3.05) is 20.2 Å². The Morgan fingerprint density at radius 2 is 2.12 bits per heavy atom. The van der Waals surface area contributed by atoms with Crippen LogP contribution in [0.2, 0.25) is 0 Å². The number of hydrogen-bond donors (Lipinski definition) is 1. The summed E-state index contributed by atoms with van der Waals surface area (Å²) in [6.07, 6.45) is 4.56. The van der Waals surface area contributed by atoms with Crippen LogP contribution in [-0.2, 0) is 0 Å². The third-order valence-electron chi connectivity index (χ3n) is 5.87. The fraction of sp³-hybridized carbons (Fsp3) is 0.500. The fourth-order valence-electron chi connectivity index (χ4n) is 4.51. The predicted octanol–water partition coefficient (Wildman–Crippen LogP) is 3.01. The van der Waals surface area contributed by atoms with E-state index < -0.39 is 0 Å². The molecule has 1 spiro atoms. The van der Waals surface area contributed by atoms with Crippen molar-refractivity contribution in [1.82, 2.24) is 9.88 Å². The highest BCUT2D eigenvalue weighted by molar-refractivity contribution is 5.97. The standard InChI is InChI=1S/C20H24N2O3/c1-25-17-12-16(21-15-7-3-2-6-14(15)17)19(24)22-11-5-10-20(13-22)9-4-8-18(20)23/h2-3,6-7,12,18,23H,4-5,8-11,13H2,1H3/t18-,20-/m1/s1. The molecule has 1 aromatic heterocycles. The Morgan fingerprint density at radius 1 is 1.32 bits per heavy atom. The zero-order chi connectivity index (χ0) is 17.4. The lowest BCUT2D eigenvalue weighted by Crippen LogP contribution is -2.49. The van der Waals surface area contributed by atoms with Crippen LogP contribution in [0.4, 0.5) is 0 Å². The van der Waals surface area contributed by atoms with Gasteiger partial charge in [-0.25, -0.2) is 4.98 Å². The monoisotopic (exact) mass is 340 g/mol. The predicted molar refractivity (Wildman–Crippen MR) is 95.7 cm³/mol. The molecule has 2 aliphatic rings. The van der Waals surface area contributed by atoms with Crippen LogP contribution in [0.1, 0.15) is 42.6 Å². The molecular formula is C20H24N2O3. The topological polar surface area (TPSA) is 62.7 Å². The van der Waals surface area contributed by atoms with Crippen molar-refractivity contribution in [3.63, 3.8) is 0 Å². The van der Waals surface area contributed by atoms with Crippen LogP contribution in [0.5, 0.6) is 5.75 Å². The number of fused-ring (bicyclic) bond motifs is 1. The molecule has 1 saturated heterocycles. The van der Waals surface area contributed by atoms with Crippen molar-refractivity contribution < 1.29 is 14.6 Å². The number of likely N-dealkylation sites (tertiary alicyclic amines) is 1. The zero-order valence-corrected chi connectivity index (χ0v) is 14.6. The van der Waals surface area contributed by atoms with Crippen LogP contribution in [0.3, 0.4) is 0 Å². The number of carbonyl (C=O) groups is 1. The highest BCUT2D eigenvalue weighted by Crippen LogP contribution is 2.45. The molecule has 1 aliphatic heterocycles. The highest BCUT2D eigenvalue weighted by Gasteiger charge is 2.45. The third kappa shape index (κ3) is 2.76. The fourth-order valence-corrected chi connectivity index (χ4v) is 4.51. The van der Waals surface area contributed by atoms with Gasteiger partial charge in [-0.3, -0.25) is 4.79 Å². The summed E-state index contributed by atoms with van der Waals surface area (Å²) in [4.78, 5) is 19.5. The van der Waals surface area contributed by atoms with Gasteiger partial charge in [0.05, 0.1) is 18.7 Å². The van der Waals surface area contributed by atoms with Gasteiger partial charge in [0, 0.05) is 30.0 Å². The van der Waals surface area contributed by atoms with Crippen molar-refractivity contribution in [2.45, 2.75) is 38.2 Å². The molecule has 0 bridgehead atoms. The Balaban J connectivity index is 1.65. The number of pyridine rings is 1. The number of methoxy groups -OCH3 is 1. The van der Waals surface area contributed by atoms with Crippen LogP contribution in [0, 0.1) is 5.41 Å². The molecule has 0 radical (unpaired) electrons. The van der Waals surface area contributed by atoms with Gasteiger partial charge in [0.25, 0.3) is 5.91 Å². The van der Waals surface area contributed by atoms with E-state index in [9.17, 15) is 9.90 Å². The van der Waals surface area contributed by atoms with E-state index in [0.717, 1.165) is 49.6 Å². The van der Waals surface area contributed by atoms with Gasteiger partial charge < -0.3 is 14.7 Å². The van der Waals surface area contributed by atoms with Gasteiger partial charge in [-0.05, 0) is 37.8 Å². The number of para-hydroxylation sites is 1. The van der Waals surface area contributed by atoms with E-state index in [4.69, 9.17) is 4.74 Å². The van der Waals surface area contributed by atoms with E-state index in [1.54, 1.807) is 13.2 Å². The summed E-state index contributed by atoms with van der Waals surface area (Å²) in [5.41, 5.74) is 1.06. The van der Waals surface area contributed by atoms with Gasteiger partial charge in [0.2, 0.25) is 0 Å². The van der Waals surface area contributed by atoms with Crippen molar-refractivity contribution in [1.29, 1.82) is 0 Å². The van der Waals surface area contributed by atoms with Gasteiger partial charge >= 0.3 is 0 Å². The molecule has 0 unspecified atom stereocenters. The number of nitrogens with zero attached hydrogens (tertiary/aromatic N) is 2. The van der Waals surface area contributed by atoms with E-state index in [0.29, 0.717) is 18.0 Å². The second kappa shape index (κ2) is 6.30. The van der Waals surface area contributed by atoms with Crippen LogP contribution >= 0.6 is 0 Å². The number of carbonyl (C=O) groups excluding carboxylic acids is 1. The Morgan fingerprint density at radius 3 is 2.88 bits per heavy atom. The lowest BCUT2D eigenvalue weighted by molar-refractivity contribution is -0.00555. The van der Waals surface area contributed by atoms with Crippen molar-refractivity contribution in [2.24, 2.45) is 5.41 Å². The number of rotatable bonds is 2. The summed E-state index contributed by atoms with van der Waals surface area (Å²) in [5, 5.41) is 11.3. The number of benzene rings is 1. The van der Waals surface area contributed by atoms with Crippen LogP contribution < -0.4 is 4.74 Å². The van der Waals surface area contributed by atoms with E-state index in [1.807, 2.05) is 29.2 Å². The number of aromatic nitrogens is 1. The molecular weight excluding hydrogens is 316 g/mol. The first-order chi connectivity index (χ1) is 12.1. The first-order valence-corrected chi connectivity index (χ1v) is 9.04. The quantitative estimate of drug-likeness (QED) is 0.913. The van der Waals surface area contributed by atoms with Gasteiger partial charge in [0.15, 0.2) is 0 Å². The number of hydrogen-bond acceptors (Lipinski definition) is 4. The first-order valence-electron chi connectivity index (χ1n) is 9.04. The molecule has 2 atom stereocenters. The maximum absolute atomic E-state index is 13.1. The molecule has 132 valence electrons. The molecule has 1 N–H and O–H groups in total. The lowest BCUT2D eigenvalue weighted by Gasteiger charge is -2.42. The maximum atomic E-state index is 13.1. The highest BCUT2D eigenvalue weighted by atomic mass is 16.5. The number of ether oxygens (including phenoxy) is 1. The summed E-state index contributed by atoms with van der Waals surface area (Å²) in [6, 6.07) is 9.42. The number of piperidine rings is 1. The minimum atomic E-state index is -0.290. The molecule has 1 aliphatic carbocycles. The summed E-state index contributed by atoms with van der Waals surface area (Å²) in [7, 11) is 1.61. The molecule has 1 aromatic carbocycles.